The van der Waals surface area contributed by atoms with Crippen molar-refractivity contribution in [2.24, 2.45) is 71.0 Å². The van der Waals surface area contributed by atoms with E-state index in [9.17, 15) is 176 Å². The van der Waals surface area contributed by atoms with Gasteiger partial charge in [0.1, 0.15) is 69.4 Å². The number of Topliss-reactive ketones (excluding diaryl/α,β-unsaturated/α-hetero) is 12. The first kappa shape index (κ1) is 148. The van der Waals surface area contributed by atoms with Crippen molar-refractivity contribution in [1.29, 1.82) is 0 Å². The van der Waals surface area contributed by atoms with Crippen LogP contribution in [-0.2, 0) is 222 Å². The molecular weight excluding hydrogens is 1870 g/mol. The molecule has 0 bridgehead atoms. The standard InChI is InChI=1S/12C6H10O3.C4H9O.4Zr/c12*1-3-5(4(2)7)6(8)9;1-2-3-4-5;;;;/h12*5H,3H2,1-2H3,(H,8,9);2-4H2,1H3;;;;/q;;;;;;;;;;;;-1;+1;3*+4/p-12. The SMILES string of the molecule is CCC(C(C)=O)C(=O)[O-].CCC(C(C)=O)C(=O)[O-].CCC(C(C)=O)C(=O)[O-].CCC(C(C)=O)C(=O)[O-].CCC(C(C)=O)C(=O)[O-].CCC(C(C)=O)C(=O)[O-].CCC(C(C)=O)C(=O)[O-].CCC(C(C)=O)C(=O)[O-].CCC(C(C)=O)C(=O)[O-].CCC(C(C)=O)C(=O)[O-].CCC(C(C)=O)C(=O)[O-].CCC(C(C)=O)C(=O)[O-].CCCC[O][Zr].[Zr+4].[Zr+4].[Zr+4]. The first-order valence-corrected chi connectivity index (χ1v) is 36.9. The third-order valence-corrected chi connectivity index (χ3v) is 15.3. The summed E-state index contributed by atoms with van der Waals surface area (Å²) >= 11 is 1.19. The van der Waals surface area contributed by atoms with E-state index in [1.165, 1.54) is 121 Å². The van der Waals surface area contributed by atoms with E-state index >= 15 is 0 Å². The molecule has 0 saturated heterocycles. The quantitative estimate of drug-likeness (QED) is 0.0408. The molecule has 0 saturated carbocycles. The number of aliphatic carboxylic acids is 12. The van der Waals surface area contributed by atoms with E-state index in [1.54, 1.807) is 83.1 Å². The van der Waals surface area contributed by atoms with E-state index in [-0.39, 0.29) is 148 Å². The average Bonchev–Trinajstić information content (AvgIpc) is 1.09. The Morgan fingerprint density at radius 3 is 0.265 bits per heavy atom. The third kappa shape index (κ3) is 92.9. The van der Waals surface area contributed by atoms with Crippen LogP contribution in [0.5, 0.6) is 0 Å². The Kier molecular flexibility index (Phi) is 118. The Hall–Kier alpha value is -6.83. The topological polar surface area (TPSA) is 696 Å². The minimum absolute atomic E-state index is 0. The zero-order chi connectivity index (χ0) is 94.1. The van der Waals surface area contributed by atoms with Crippen LogP contribution in [0.1, 0.15) is 263 Å². The van der Waals surface area contributed by atoms with Crippen molar-refractivity contribution in [2.45, 2.75) is 263 Å². The third-order valence-electron chi connectivity index (χ3n) is 14.8. The molecule has 0 heterocycles. The van der Waals surface area contributed by atoms with Crippen LogP contribution in [0.15, 0.2) is 0 Å². The Morgan fingerprint density at radius 2 is 0.256 bits per heavy atom. The van der Waals surface area contributed by atoms with Gasteiger partial charge in [-0.05, 0) is 160 Å². The number of carboxylic acid groups (broad SMARTS) is 12. The van der Waals surface area contributed by atoms with Gasteiger partial charge in [0.25, 0.3) is 0 Å². The second-order valence-electron chi connectivity index (χ2n) is 23.9. The second kappa shape index (κ2) is 93.0. The van der Waals surface area contributed by atoms with E-state index in [1.807, 2.05) is 0 Å². The van der Waals surface area contributed by atoms with Crippen LogP contribution in [-0.4, -0.2) is 148 Å². The van der Waals surface area contributed by atoms with Crippen molar-refractivity contribution in [3.63, 3.8) is 0 Å². The minimum Gasteiger partial charge on any atom is 4.00 e. The fourth-order valence-corrected chi connectivity index (χ4v) is 8.01. The summed E-state index contributed by atoms with van der Waals surface area (Å²) in [7, 11) is 0. The maximum absolute atomic E-state index is 10.4. The molecule has 37 nitrogen and oxygen atoms in total. The maximum Gasteiger partial charge on any atom is 4.00 e. The molecule has 0 aromatic carbocycles. The average molecular weight is 1990 g/mol. The monoisotopic (exact) mass is 1980 g/mol. The Morgan fingerprint density at radius 1 is 0.188 bits per heavy atom. The van der Waals surface area contributed by atoms with Gasteiger partial charge in [-0.2, -0.15) is 0 Å². The molecule has 0 N–H and O–H groups in total. The predicted molar refractivity (Wildman–Crippen MR) is 374 cm³/mol. The van der Waals surface area contributed by atoms with Gasteiger partial charge in [0.15, 0.2) is 0 Å². The van der Waals surface area contributed by atoms with Crippen LogP contribution in [0, 0.1) is 71.0 Å². The van der Waals surface area contributed by atoms with Crippen LogP contribution in [0.25, 0.3) is 0 Å². The Balaban J connectivity index is -0.0000000674. The summed E-state index contributed by atoms with van der Waals surface area (Å²) in [5.41, 5.74) is 0. The molecular formula is C76H117O37Zr4. The van der Waals surface area contributed by atoms with Crippen molar-refractivity contribution < 1.29 is 283 Å². The first-order valence-electron chi connectivity index (χ1n) is 35.9. The van der Waals surface area contributed by atoms with E-state index in [2.05, 4.69) is 6.92 Å². The van der Waals surface area contributed by atoms with Crippen LogP contribution >= 0.6 is 0 Å². The van der Waals surface area contributed by atoms with Crippen molar-refractivity contribution in [3.8, 4) is 0 Å². The zero-order valence-corrected chi connectivity index (χ0v) is 81.5. The van der Waals surface area contributed by atoms with Crippen LogP contribution in [0.4, 0.5) is 0 Å². The van der Waals surface area contributed by atoms with Gasteiger partial charge >= 0.3 is 133 Å². The van der Waals surface area contributed by atoms with Crippen LogP contribution in [0.3, 0.4) is 0 Å². The van der Waals surface area contributed by atoms with Gasteiger partial charge in [-0.25, -0.2) is 0 Å². The van der Waals surface area contributed by atoms with Crippen LogP contribution in [0.2, 0.25) is 0 Å². The summed E-state index contributed by atoms with van der Waals surface area (Å²) in [5.74, 6) is -30.3. The summed E-state index contributed by atoms with van der Waals surface area (Å²) in [4.78, 5) is 245. The number of hydrogen-bond acceptors (Lipinski definition) is 37. The van der Waals surface area contributed by atoms with E-state index in [0.717, 1.165) is 6.61 Å². The largest absolute Gasteiger partial charge is 4.00 e. The number of carbonyl (C=O) groups excluding carboxylic acids is 24. The van der Waals surface area contributed by atoms with E-state index < -0.39 is 143 Å². The molecule has 659 valence electrons. The molecule has 12 atom stereocenters. The molecule has 0 aromatic rings. The van der Waals surface area contributed by atoms with Gasteiger partial charge in [0.2, 0.25) is 0 Å². The molecule has 0 aromatic heterocycles. The molecule has 0 rings (SSSR count). The molecule has 117 heavy (non-hydrogen) atoms. The number of unbranched alkanes of at least 4 members (excludes halogenated alkanes) is 1. The molecule has 0 aliphatic rings. The zero-order valence-electron chi connectivity index (χ0n) is 71.6. The fraction of sp³-hybridized carbons (Fsp3) is 0.684. The molecule has 0 amide bonds. The molecule has 12 unspecified atom stereocenters. The minimum atomic E-state index is -1.27. The van der Waals surface area contributed by atoms with E-state index in [4.69, 9.17) is 2.81 Å². The summed E-state index contributed by atoms with van der Waals surface area (Å²) < 4.78 is 4.87. The maximum atomic E-state index is 10.4. The molecule has 0 fully saturated rings. The molecule has 0 aliphatic heterocycles. The smallest absolute Gasteiger partial charge is 4.00 e. The van der Waals surface area contributed by atoms with Crippen molar-refractivity contribution in [1.82, 2.24) is 0 Å². The van der Waals surface area contributed by atoms with Gasteiger partial charge in [-0.15, -0.1) is 0 Å². The Bertz CT molecular complexity index is 2160. The summed E-state index contributed by atoms with van der Waals surface area (Å²) in [6.45, 7) is 37.9. The molecule has 0 spiro atoms. The van der Waals surface area contributed by atoms with Gasteiger partial charge < -0.3 is 119 Å². The number of hydrogen-bond donors (Lipinski definition) is 0. The number of ketones is 12. The molecule has 0 aliphatic carbocycles. The summed E-state index contributed by atoms with van der Waals surface area (Å²) in [6.07, 6.45) is 6.26. The van der Waals surface area contributed by atoms with Gasteiger partial charge in [-0.1, -0.05) is 83.1 Å². The summed E-state index contributed by atoms with van der Waals surface area (Å²) in [6, 6.07) is 0. The van der Waals surface area contributed by atoms with Crippen molar-refractivity contribution in [3.05, 3.63) is 0 Å². The number of carbonyl (C=O) groups is 24. The second-order valence-corrected chi connectivity index (χ2v) is 24.6. The van der Waals surface area contributed by atoms with Gasteiger partial charge in [-0.3, -0.25) is 57.5 Å². The number of carboxylic acids is 12. The molecule has 0 radical (unpaired) electrons. The van der Waals surface area contributed by atoms with Crippen molar-refractivity contribution in [2.75, 3.05) is 6.61 Å². The van der Waals surface area contributed by atoms with E-state index in [0.29, 0.717) is 77.0 Å². The van der Waals surface area contributed by atoms with Crippen LogP contribution < -0.4 is 61.3 Å². The van der Waals surface area contributed by atoms with Crippen molar-refractivity contribution >= 4 is 141 Å². The normalized spacial score (nSPS) is 12.1. The first-order chi connectivity index (χ1) is 52.0. The van der Waals surface area contributed by atoms with Gasteiger partial charge in [0, 0.05) is 0 Å². The number of rotatable bonds is 39. The predicted octanol–water partition coefficient (Wildman–Crippen LogP) is -6.52. The van der Waals surface area contributed by atoms with Gasteiger partial charge in [0.05, 0.1) is 143 Å². The fourth-order valence-electron chi connectivity index (χ4n) is 7.66. The summed E-state index contributed by atoms with van der Waals surface area (Å²) in [5, 5.41) is 120. The Labute approximate surface area is 758 Å². The molecule has 41 heteroatoms.